The first-order chi connectivity index (χ1) is 12.4. The Morgan fingerprint density at radius 3 is 2.38 bits per heavy atom. The fraction of sp³-hybridized carbons (Fsp3) is 0.278. The quantitative estimate of drug-likeness (QED) is 0.732. The number of hydrogen-bond donors (Lipinski definition) is 2. The molecule has 0 atom stereocenters. The van der Waals surface area contributed by atoms with Crippen molar-refractivity contribution < 1.29 is 8.42 Å². The van der Waals surface area contributed by atoms with E-state index in [4.69, 9.17) is 0 Å². The highest BCUT2D eigenvalue weighted by Crippen LogP contribution is 2.23. The lowest BCUT2D eigenvalue weighted by molar-refractivity contribution is 0.385. The van der Waals surface area contributed by atoms with Crippen molar-refractivity contribution in [3.8, 4) is 0 Å². The number of aromatic nitrogens is 2. The largest absolute Gasteiger partial charge is 0.369 e. The first-order valence-corrected chi connectivity index (χ1v) is 9.91. The van der Waals surface area contributed by atoms with E-state index in [1.54, 1.807) is 6.07 Å². The SMILES string of the molecule is Cc1cccc(N2CCN(S(=O)(=O)c3ccc4[nH]c(=O)[nH]c4c3)CC2)c1. The Balaban J connectivity index is 1.54. The number of piperazine rings is 1. The molecule has 1 aromatic heterocycles. The van der Waals surface area contributed by atoms with Gasteiger partial charge < -0.3 is 14.9 Å². The molecule has 0 bridgehead atoms. The van der Waals surface area contributed by atoms with Crippen LogP contribution >= 0.6 is 0 Å². The summed E-state index contributed by atoms with van der Waals surface area (Å²) in [6.45, 7) is 4.19. The van der Waals surface area contributed by atoms with Crippen LogP contribution in [0, 0.1) is 6.92 Å². The molecule has 0 spiro atoms. The first kappa shape index (κ1) is 16.9. The Labute approximate surface area is 151 Å². The maximum Gasteiger partial charge on any atom is 0.323 e. The van der Waals surface area contributed by atoms with Gasteiger partial charge in [-0.2, -0.15) is 4.31 Å². The van der Waals surface area contributed by atoms with Crippen LogP contribution in [0.2, 0.25) is 0 Å². The van der Waals surface area contributed by atoms with E-state index in [0.717, 1.165) is 5.69 Å². The highest BCUT2D eigenvalue weighted by molar-refractivity contribution is 7.89. The predicted molar refractivity (Wildman–Crippen MR) is 101 cm³/mol. The zero-order valence-corrected chi connectivity index (χ0v) is 15.2. The second-order valence-electron chi connectivity index (χ2n) is 6.52. The lowest BCUT2D eigenvalue weighted by Gasteiger charge is -2.35. The number of sulfonamides is 1. The monoisotopic (exact) mass is 372 g/mol. The van der Waals surface area contributed by atoms with Gasteiger partial charge in [0.15, 0.2) is 0 Å². The molecule has 0 radical (unpaired) electrons. The van der Waals surface area contributed by atoms with Crippen molar-refractivity contribution >= 4 is 26.7 Å². The Morgan fingerprint density at radius 2 is 1.65 bits per heavy atom. The van der Waals surface area contributed by atoms with Crippen molar-refractivity contribution in [2.75, 3.05) is 31.1 Å². The third kappa shape index (κ3) is 3.02. The molecule has 0 aliphatic carbocycles. The van der Waals surface area contributed by atoms with Crippen molar-refractivity contribution in [1.29, 1.82) is 0 Å². The van der Waals surface area contributed by atoms with Crippen LogP contribution in [0.3, 0.4) is 0 Å². The number of H-pyrrole nitrogens is 2. The van der Waals surface area contributed by atoms with Crippen LogP contribution in [0.5, 0.6) is 0 Å². The second kappa shape index (κ2) is 6.30. The Kier molecular flexibility index (Phi) is 4.08. The van der Waals surface area contributed by atoms with Crippen molar-refractivity contribution in [3.63, 3.8) is 0 Å². The topological polar surface area (TPSA) is 89.3 Å². The molecule has 2 heterocycles. The van der Waals surface area contributed by atoms with Gasteiger partial charge in [0.1, 0.15) is 0 Å². The number of aryl methyl sites for hydroxylation is 1. The Morgan fingerprint density at radius 1 is 0.923 bits per heavy atom. The average Bonchev–Trinajstić information content (AvgIpc) is 3.01. The number of rotatable bonds is 3. The van der Waals surface area contributed by atoms with Gasteiger partial charge in [0.25, 0.3) is 0 Å². The summed E-state index contributed by atoms with van der Waals surface area (Å²) in [5.74, 6) is 0. The molecule has 26 heavy (non-hydrogen) atoms. The normalized spacial score (nSPS) is 16.3. The zero-order valence-electron chi connectivity index (χ0n) is 14.4. The van der Waals surface area contributed by atoms with Crippen LogP contribution in [-0.2, 0) is 10.0 Å². The molecule has 7 nitrogen and oxygen atoms in total. The molecule has 8 heteroatoms. The number of nitrogens with zero attached hydrogens (tertiary/aromatic N) is 2. The molecule has 0 saturated carbocycles. The first-order valence-electron chi connectivity index (χ1n) is 8.47. The summed E-state index contributed by atoms with van der Waals surface area (Å²) in [6.07, 6.45) is 0. The molecule has 1 saturated heterocycles. The molecule has 1 aliphatic rings. The van der Waals surface area contributed by atoms with E-state index in [1.807, 2.05) is 25.1 Å². The van der Waals surface area contributed by atoms with Crippen LogP contribution in [0.1, 0.15) is 5.56 Å². The highest BCUT2D eigenvalue weighted by Gasteiger charge is 2.29. The zero-order chi connectivity index (χ0) is 18.3. The lowest BCUT2D eigenvalue weighted by Crippen LogP contribution is -2.48. The maximum atomic E-state index is 12.9. The molecular formula is C18H20N4O3S. The predicted octanol–water partition coefficient (Wildman–Crippen LogP) is 1.68. The number of anilines is 1. The summed E-state index contributed by atoms with van der Waals surface area (Å²) in [4.78, 5) is 19.0. The van der Waals surface area contributed by atoms with Gasteiger partial charge >= 0.3 is 5.69 Å². The smallest absolute Gasteiger partial charge is 0.323 e. The Hall–Kier alpha value is -2.58. The minimum Gasteiger partial charge on any atom is -0.369 e. The molecule has 4 rings (SSSR count). The number of aromatic amines is 2. The summed E-state index contributed by atoms with van der Waals surface area (Å²) < 4.78 is 27.4. The number of hydrogen-bond acceptors (Lipinski definition) is 4. The molecular weight excluding hydrogens is 352 g/mol. The van der Waals surface area contributed by atoms with Crippen molar-refractivity contribution in [2.24, 2.45) is 0 Å². The minimum atomic E-state index is -3.59. The number of imidazole rings is 1. The molecule has 2 N–H and O–H groups in total. The van der Waals surface area contributed by atoms with Crippen molar-refractivity contribution in [2.45, 2.75) is 11.8 Å². The number of fused-ring (bicyclic) bond motifs is 1. The van der Waals surface area contributed by atoms with Crippen molar-refractivity contribution in [3.05, 3.63) is 58.5 Å². The van der Waals surface area contributed by atoms with E-state index in [-0.39, 0.29) is 10.6 Å². The second-order valence-corrected chi connectivity index (χ2v) is 8.45. The van der Waals surface area contributed by atoms with Gasteiger partial charge in [-0.15, -0.1) is 0 Å². The van der Waals surface area contributed by atoms with Gasteiger partial charge in [-0.05, 0) is 42.8 Å². The van der Waals surface area contributed by atoms with E-state index in [0.29, 0.717) is 37.2 Å². The van der Waals surface area contributed by atoms with Crippen LogP contribution in [0.25, 0.3) is 11.0 Å². The third-order valence-corrected chi connectivity index (χ3v) is 6.63. The van der Waals surface area contributed by atoms with Gasteiger partial charge in [0, 0.05) is 31.9 Å². The third-order valence-electron chi connectivity index (χ3n) is 4.73. The van der Waals surface area contributed by atoms with Gasteiger partial charge in [-0.25, -0.2) is 13.2 Å². The summed E-state index contributed by atoms with van der Waals surface area (Å²) in [7, 11) is -3.59. The average molecular weight is 372 g/mol. The van der Waals surface area contributed by atoms with Crippen LogP contribution in [-0.4, -0.2) is 48.9 Å². The van der Waals surface area contributed by atoms with Gasteiger partial charge in [0.2, 0.25) is 10.0 Å². The minimum absolute atomic E-state index is 0.198. The Bertz CT molecular complexity index is 1110. The number of nitrogens with one attached hydrogen (secondary N) is 2. The van der Waals surface area contributed by atoms with E-state index in [9.17, 15) is 13.2 Å². The number of benzene rings is 2. The van der Waals surface area contributed by atoms with Crippen LogP contribution in [0.15, 0.2) is 52.2 Å². The molecule has 0 amide bonds. The van der Waals surface area contributed by atoms with Gasteiger partial charge in [0.05, 0.1) is 15.9 Å². The van der Waals surface area contributed by atoms with E-state index in [1.165, 1.54) is 22.0 Å². The van der Waals surface area contributed by atoms with Crippen LogP contribution in [0.4, 0.5) is 5.69 Å². The standard InChI is InChI=1S/C18H20N4O3S/c1-13-3-2-4-14(11-13)21-7-9-22(10-8-21)26(24,25)15-5-6-16-17(12-15)20-18(23)19-16/h2-6,11-12H,7-10H2,1H3,(H2,19,20,23). The molecule has 2 aromatic carbocycles. The van der Waals surface area contributed by atoms with E-state index >= 15 is 0 Å². The summed E-state index contributed by atoms with van der Waals surface area (Å²) in [6, 6.07) is 12.9. The van der Waals surface area contributed by atoms with Crippen molar-refractivity contribution in [1.82, 2.24) is 14.3 Å². The van der Waals surface area contributed by atoms with Gasteiger partial charge in [-0.1, -0.05) is 12.1 Å². The molecule has 1 fully saturated rings. The molecule has 136 valence electrons. The highest BCUT2D eigenvalue weighted by atomic mass is 32.2. The molecule has 3 aromatic rings. The summed E-state index contributed by atoms with van der Waals surface area (Å²) >= 11 is 0. The summed E-state index contributed by atoms with van der Waals surface area (Å²) in [5, 5.41) is 0. The van der Waals surface area contributed by atoms with Crippen LogP contribution < -0.4 is 10.6 Å². The lowest BCUT2D eigenvalue weighted by atomic mass is 10.2. The molecule has 0 unspecified atom stereocenters. The van der Waals surface area contributed by atoms with Gasteiger partial charge in [-0.3, -0.25) is 0 Å². The maximum absolute atomic E-state index is 12.9. The van der Waals surface area contributed by atoms with E-state index < -0.39 is 10.0 Å². The van der Waals surface area contributed by atoms with E-state index in [2.05, 4.69) is 20.9 Å². The summed E-state index contributed by atoms with van der Waals surface area (Å²) in [5.41, 5.74) is 3.05. The fourth-order valence-electron chi connectivity index (χ4n) is 3.33. The molecule has 1 aliphatic heterocycles. The fourth-order valence-corrected chi connectivity index (χ4v) is 4.78.